The number of hydrogen-bond donors (Lipinski definition) is 6. The average molecular weight is 2000 g/mol. The Morgan fingerprint density at radius 3 is 1.90 bits per heavy atom. The molecule has 6 aliphatic heterocycles. The summed E-state index contributed by atoms with van der Waals surface area (Å²) in [4.78, 5) is 140. The maximum Gasteiger partial charge on any atom is 0.322 e. The van der Waals surface area contributed by atoms with E-state index in [1.54, 1.807) is 44.3 Å². The molecule has 147 heavy (non-hydrogen) atoms. The van der Waals surface area contributed by atoms with E-state index in [0.717, 1.165) is 217 Å². The lowest BCUT2D eigenvalue weighted by atomic mass is 9.43. The number of fused-ring (bicyclic) bond motifs is 3. The molecule has 0 radical (unpaired) electrons. The van der Waals surface area contributed by atoms with E-state index in [9.17, 15) is 19.2 Å². The summed E-state index contributed by atoms with van der Waals surface area (Å²) in [6.07, 6.45) is 38.0. The van der Waals surface area contributed by atoms with E-state index in [4.69, 9.17) is 65.8 Å². The minimum atomic E-state index is -0.352. The molecule has 0 spiro atoms. The first kappa shape index (κ1) is 98.2. The smallest absolute Gasteiger partial charge is 0.322 e. The number of amides is 3. The molecule has 3 amide bonds. The number of methoxy groups -OCH3 is 1. The number of H-pyrrole nitrogens is 2. The van der Waals surface area contributed by atoms with E-state index >= 15 is 0 Å². The molecule has 11 aromatic rings. The van der Waals surface area contributed by atoms with Crippen molar-refractivity contribution in [1.82, 2.24) is 115 Å². The number of nitriles is 2. The predicted molar refractivity (Wildman–Crippen MR) is 539 cm³/mol. The Hall–Kier alpha value is -14.9. The van der Waals surface area contributed by atoms with Crippen LogP contribution in [0.25, 0.3) is 33.5 Å². The van der Waals surface area contributed by atoms with Crippen LogP contribution in [-0.4, -0.2) is 259 Å². The van der Waals surface area contributed by atoms with Gasteiger partial charge in [0.2, 0.25) is 23.5 Å². The Morgan fingerprint density at radius 1 is 0.653 bits per heavy atom. The number of hydrogen-bond acceptors (Lipinski definition) is 36. The van der Waals surface area contributed by atoms with Crippen molar-refractivity contribution in [3.63, 3.8) is 0 Å². The summed E-state index contributed by atoms with van der Waals surface area (Å²) in [7, 11) is 3.52. The second-order valence-corrected chi connectivity index (χ2v) is 42.4. The summed E-state index contributed by atoms with van der Waals surface area (Å²) in [5, 5.41) is 35.6. The summed E-state index contributed by atoms with van der Waals surface area (Å²) in [6, 6.07) is 18.8. The number of terminal acetylenes is 1. The van der Waals surface area contributed by atoms with Crippen molar-refractivity contribution in [3.8, 4) is 65.5 Å². The van der Waals surface area contributed by atoms with Crippen molar-refractivity contribution in [2.75, 3.05) is 144 Å². The maximum absolute atomic E-state index is 13.2. The van der Waals surface area contributed by atoms with Gasteiger partial charge in [0.25, 0.3) is 17.7 Å². The second kappa shape index (κ2) is 42.3. The lowest BCUT2D eigenvalue weighted by molar-refractivity contribution is -0.103. The number of imidazole rings is 1. The Balaban J connectivity index is 0.000000115. The molecule has 14 fully saturated rings. The van der Waals surface area contributed by atoms with Crippen LogP contribution in [0.3, 0.4) is 0 Å². The zero-order valence-corrected chi connectivity index (χ0v) is 83.5. The van der Waals surface area contributed by atoms with Gasteiger partial charge in [0.1, 0.15) is 41.3 Å². The van der Waals surface area contributed by atoms with E-state index in [2.05, 4.69) is 163 Å². The molecule has 5 atom stereocenters. The lowest BCUT2D eigenvalue weighted by Crippen LogP contribution is -2.68. The van der Waals surface area contributed by atoms with Crippen LogP contribution in [0.1, 0.15) is 219 Å². The molecule has 26 rings (SSSR count). The highest BCUT2D eigenvalue weighted by molar-refractivity contribution is 6.05. The number of nitrogens with one attached hydrogen (secondary N) is 5. The number of aromatic amines is 2. The summed E-state index contributed by atoms with van der Waals surface area (Å²) in [5.74, 6) is 8.98. The number of piperidine rings is 4. The van der Waals surface area contributed by atoms with Gasteiger partial charge in [-0.05, 0) is 189 Å². The summed E-state index contributed by atoms with van der Waals surface area (Å²) in [5.41, 5.74) is 16.6. The van der Waals surface area contributed by atoms with Gasteiger partial charge in [-0.25, -0.2) is 19.9 Å². The number of ether oxygens (including phenoxy) is 7. The number of nitrogens with two attached hydrogens (primary N) is 1. The minimum absolute atomic E-state index is 0.0286. The van der Waals surface area contributed by atoms with E-state index in [1.807, 2.05) is 68.3 Å². The fourth-order valence-electron chi connectivity index (χ4n) is 21.6. The van der Waals surface area contributed by atoms with Crippen LogP contribution >= 0.6 is 0 Å². The Labute approximate surface area is 850 Å². The third kappa shape index (κ3) is 22.4. The van der Waals surface area contributed by atoms with Gasteiger partial charge in [0.05, 0.1) is 93.3 Å². The molecule has 15 aliphatic rings. The number of pyridine rings is 3. The molecular formula is C105H123N31O11. The van der Waals surface area contributed by atoms with Crippen molar-refractivity contribution in [2.45, 2.75) is 173 Å². The fraction of sp³-hybridized carbons (Fsp3) is 0.543. The number of nitrogen functional groups attached to an aromatic ring is 1. The molecule has 0 unspecified atom stereocenters. The number of anilines is 5. The largest absolute Gasteiger partial charge is 0.489 e. The van der Waals surface area contributed by atoms with E-state index in [-0.39, 0.29) is 116 Å². The monoisotopic (exact) mass is 1990 g/mol. The van der Waals surface area contributed by atoms with Gasteiger partial charge in [-0.2, -0.15) is 65.5 Å². The van der Waals surface area contributed by atoms with Crippen molar-refractivity contribution in [1.29, 1.82) is 10.5 Å². The number of aliphatic imine (C=N–C) groups is 1. The van der Waals surface area contributed by atoms with Crippen LogP contribution in [0.2, 0.25) is 0 Å². The van der Waals surface area contributed by atoms with Crippen LogP contribution in [0.4, 0.5) is 29.4 Å². The number of carbonyl (C=O) groups excluding carboxylic acids is 4. The van der Waals surface area contributed by atoms with Crippen LogP contribution in [0.5, 0.6) is 29.8 Å². The highest BCUT2D eigenvalue weighted by Crippen LogP contribution is 2.66. The van der Waals surface area contributed by atoms with Gasteiger partial charge >= 0.3 is 24.0 Å². The maximum atomic E-state index is 13.2. The normalized spacial score (nSPS) is 23.2. The quantitative estimate of drug-likeness (QED) is 0.0161. The molecule has 0 aromatic carbocycles. The fourth-order valence-corrected chi connectivity index (χ4v) is 21.6. The molecule has 42 heteroatoms. The molecule has 9 aliphatic carbocycles. The Bertz CT molecular complexity index is 6820. The highest BCUT2D eigenvalue weighted by atomic mass is 16.5. The molecule has 42 nitrogen and oxygen atoms in total. The molecular weight excluding hydrogens is 1870 g/mol. The number of ketones is 1. The zero-order valence-electron chi connectivity index (χ0n) is 83.5. The SMILES string of the molecule is C#CC1(COc2nc(C(=O)NC34CC(C3)C4)nc(N3CCC(c4[nH]nc5ncccc45)CC3)n2)CC1.CCNC(=O)c1cc(N2CCC(COc3cc(-c4cn(C)cn4)cnc3N)CC2)nc(OC[C@H]2C[C@H]2C#N)n1.COC[C@@H](C)Oc1nc(C(=O)NCC2(C)COC2)nc(N2CCC(C3=NCc4ncccc43)CC2)n1.N#C[C@@H]1C[C@@H]1COc1nc(C(=O)CC23CC(C2)C3)cc(N2CCC(c3c[nH]c4nccnc34)CC2)n1. The van der Waals surface area contributed by atoms with Crippen molar-refractivity contribution in [3.05, 3.63) is 138 Å². The van der Waals surface area contributed by atoms with Gasteiger partial charge < -0.3 is 84.0 Å². The Kier molecular flexibility index (Phi) is 28.3. The summed E-state index contributed by atoms with van der Waals surface area (Å²) >= 11 is 0. The van der Waals surface area contributed by atoms with Gasteiger partial charge in [-0.1, -0.05) is 12.8 Å². The number of aromatic nitrogens is 20. The van der Waals surface area contributed by atoms with Gasteiger partial charge in [0, 0.05) is 210 Å². The first-order chi connectivity index (χ1) is 71.5. The van der Waals surface area contributed by atoms with Gasteiger partial charge in [0.15, 0.2) is 28.6 Å². The molecule has 5 saturated heterocycles. The first-order valence-electron chi connectivity index (χ1n) is 51.5. The minimum Gasteiger partial charge on any atom is -0.489 e. The topological polar surface area (TPSA) is 524 Å². The summed E-state index contributed by atoms with van der Waals surface area (Å²) in [6.45, 7) is 16.9. The third-order valence-electron chi connectivity index (χ3n) is 31.1. The Morgan fingerprint density at radius 2 is 1.28 bits per heavy atom. The first-order valence-corrected chi connectivity index (χ1v) is 51.5. The highest BCUT2D eigenvalue weighted by Gasteiger charge is 2.59. The van der Waals surface area contributed by atoms with E-state index in [0.29, 0.717) is 131 Å². The van der Waals surface area contributed by atoms with Crippen LogP contribution in [-0.2, 0) is 23.1 Å². The van der Waals surface area contributed by atoms with Crippen LogP contribution in [0.15, 0.2) is 97.2 Å². The standard InChI is InChI=1S/C27H33N9O3.C27H29N7O2.C26H28N8O2.C25H33N7O4/c1-3-30-26(37)21-10-24(34-27(33-21)39-15-20-8-18(20)11-28)36-6-4-17(5-7-36)14-38-23-9-19(12-31-25(23)29)22-13-35(2)16-32-22;28-13-18-7-19(18)15-36-26-32-21(22(35)12-27-9-16(10-27)11-27)8-23(33-26)34-5-1-17(2-6-34)20-14-31-25-24(20)29-3-4-30-25;1-2-25(7-8-25)15-36-24-29-21(22(35)31-26-12-16(13-26)14-26)28-23(30-24)34-10-5-17(6-11-34)19-18-4-3-9-27-20(18)33-32-19;1-16(12-34-3)36-24-30-21(22(33)28-13-25(2)14-35-15-25)29-23(31-24)32-9-6-17(7-10-32)20-18-5-4-8-26-19(18)11-27-20/h9-10,12-13,16-18,20H,3-8,14-15H2,1-2H3,(H2,29,31)(H,30,37);3-4,8,14,16-19H,1-2,5-7,9-12,15H2,(H,30,31);1,3-4,9,16-17H,5-8,10-15H2,(H,31,35)(H,27,32,33);4-5,8,16-17H,6-7,9-15H2,1-3H3,(H,28,33)/t18-,20+;16?,18-,19+,27?;;16-/m00.1/s1. The van der Waals surface area contributed by atoms with Crippen molar-refractivity contribution >= 4 is 80.8 Å². The second-order valence-electron chi connectivity index (χ2n) is 42.4. The summed E-state index contributed by atoms with van der Waals surface area (Å²) < 4.78 is 41.9. The number of carbonyl (C=O) groups is 4. The molecule has 764 valence electrons. The van der Waals surface area contributed by atoms with Gasteiger partial charge in [-0.15, -0.1) is 6.42 Å². The number of rotatable bonds is 34. The number of aryl methyl sites for hydroxylation is 1. The van der Waals surface area contributed by atoms with Crippen LogP contribution in [0, 0.1) is 98.6 Å². The molecule has 4 bridgehead atoms. The molecule has 11 aromatic heterocycles. The average Bonchev–Trinajstić information content (AvgIpc) is 1.71. The zero-order chi connectivity index (χ0) is 101. The van der Waals surface area contributed by atoms with E-state index < -0.39 is 0 Å². The van der Waals surface area contributed by atoms with Crippen LogP contribution < -0.4 is 65.0 Å². The third-order valence-corrected chi connectivity index (χ3v) is 31.1. The number of Topliss-reactive ketones (excluding diaryl/α,β-unsaturated/α-hetero) is 1. The van der Waals surface area contributed by atoms with E-state index in [1.165, 1.54) is 30.4 Å². The van der Waals surface area contributed by atoms with Crippen molar-refractivity contribution in [2.24, 2.45) is 75.6 Å². The lowest BCUT2D eigenvalue weighted by Gasteiger charge is -2.61. The predicted octanol–water partition coefficient (Wildman–Crippen LogP) is 10.7. The van der Waals surface area contributed by atoms with Crippen molar-refractivity contribution < 1.29 is 52.3 Å². The molecule has 17 heterocycles. The molecule has 9 saturated carbocycles. The molecule has 7 N–H and O–H groups in total. The van der Waals surface area contributed by atoms with Gasteiger partial charge in [-0.3, -0.25) is 39.2 Å². The number of nitrogens with zero attached hydrogens (tertiary/aromatic N) is 25.